The maximum absolute atomic E-state index is 10.9. The van der Waals surface area contributed by atoms with E-state index in [2.05, 4.69) is 21.2 Å². The van der Waals surface area contributed by atoms with E-state index in [0.29, 0.717) is 29.5 Å². The van der Waals surface area contributed by atoms with Gasteiger partial charge in [0.1, 0.15) is 0 Å². The van der Waals surface area contributed by atoms with E-state index in [9.17, 15) is 15.2 Å². The third kappa shape index (κ3) is 5.26. The minimum Gasteiger partial charge on any atom is -0.389 e. The van der Waals surface area contributed by atoms with Crippen molar-refractivity contribution in [2.24, 2.45) is 0 Å². The fourth-order valence-electron chi connectivity index (χ4n) is 1.95. The summed E-state index contributed by atoms with van der Waals surface area (Å²) in [6.45, 7) is 4.55. The predicted octanol–water partition coefficient (Wildman–Crippen LogP) is 3.00. The van der Waals surface area contributed by atoms with Crippen molar-refractivity contribution < 1.29 is 10.0 Å². The fourth-order valence-corrected chi connectivity index (χ4v) is 2.30. The van der Waals surface area contributed by atoms with Crippen LogP contribution >= 0.6 is 15.9 Å². The second kappa shape index (κ2) is 6.98. The first-order valence-electron chi connectivity index (χ1n) is 6.21. The van der Waals surface area contributed by atoms with Crippen LogP contribution in [0.2, 0.25) is 0 Å². The summed E-state index contributed by atoms with van der Waals surface area (Å²) in [7, 11) is 0. The van der Waals surface area contributed by atoms with Crippen LogP contribution in [-0.2, 0) is 6.54 Å². The van der Waals surface area contributed by atoms with Gasteiger partial charge in [-0.1, -0.05) is 29.3 Å². The largest absolute Gasteiger partial charge is 0.389 e. The van der Waals surface area contributed by atoms with E-state index < -0.39 is 10.5 Å². The molecule has 5 nitrogen and oxygen atoms in total. The lowest BCUT2D eigenvalue weighted by Gasteiger charge is -2.23. The van der Waals surface area contributed by atoms with Crippen LogP contribution in [0.5, 0.6) is 0 Å². The van der Waals surface area contributed by atoms with Crippen molar-refractivity contribution in [1.29, 1.82) is 0 Å². The zero-order valence-corrected chi connectivity index (χ0v) is 12.7. The molecule has 0 amide bonds. The normalized spacial score (nSPS) is 14.1. The van der Waals surface area contributed by atoms with Crippen LogP contribution in [0.1, 0.15) is 32.3 Å². The molecule has 0 fully saturated rings. The van der Waals surface area contributed by atoms with Crippen LogP contribution in [0, 0.1) is 10.1 Å². The number of nitro groups is 1. The summed E-state index contributed by atoms with van der Waals surface area (Å²) in [5, 5.41) is 24.0. The van der Waals surface area contributed by atoms with E-state index >= 15 is 0 Å². The number of nitro benzene ring substituents is 1. The van der Waals surface area contributed by atoms with Crippen LogP contribution in [0.4, 0.5) is 5.69 Å². The maximum atomic E-state index is 10.9. The van der Waals surface area contributed by atoms with Crippen molar-refractivity contribution in [3.8, 4) is 0 Å². The van der Waals surface area contributed by atoms with Crippen molar-refractivity contribution in [1.82, 2.24) is 5.32 Å². The SMILES string of the molecule is CCCC(C)(O)CNCc1ccc(Br)cc1[N+](=O)[O-]. The molecule has 0 heterocycles. The van der Waals surface area contributed by atoms with E-state index in [-0.39, 0.29) is 5.69 Å². The smallest absolute Gasteiger partial charge is 0.275 e. The molecular weight excluding hydrogens is 312 g/mol. The molecular formula is C13H19BrN2O3. The topological polar surface area (TPSA) is 75.4 Å². The van der Waals surface area contributed by atoms with Crippen molar-refractivity contribution in [2.75, 3.05) is 6.54 Å². The van der Waals surface area contributed by atoms with Gasteiger partial charge in [-0.3, -0.25) is 10.1 Å². The molecule has 19 heavy (non-hydrogen) atoms. The standard InChI is InChI=1S/C13H19BrN2O3/c1-3-6-13(2,17)9-15-8-10-4-5-11(14)7-12(10)16(18)19/h4-5,7,15,17H,3,6,8-9H2,1-2H3. The molecule has 0 saturated heterocycles. The summed E-state index contributed by atoms with van der Waals surface area (Å²) < 4.78 is 0.681. The second-order valence-corrected chi connectivity index (χ2v) is 5.80. The average molecular weight is 331 g/mol. The lowest BCUT2D eigenvalue weighted by molar-refractivity contribution is -0.385. The molecule has 1 unspecified atom stereocenters. The number of halogens is 1. The Morgan fingerprint density at radius 1 is 1.53 bits per heavy atom. The molecule has 0 aromatic heterocycles. The van der Waals surface area contributed by atoms with Gasteiger partial charge in [0.2, 0.25) is 0 Å². The molecule has 0 aliphatic heterocycles. The minimum absolute atomic E-state index is 0.0806. The molecule has 6 heteroatoms. The molecule has 0 saturated carbocycles. The Bertz CT molecular complexity index is 450. The predicted molar refractivity (Wildman–Crippen MR) is 78.0 cm³/mol. The Hall–Kier alpha value is -0.980. The van der Waals surface area contributed by atoms with E-state index in [1.165, 1.54) is 6.07 Å². The Kier molecular flexibility index (Phi) is 5.90. The van der Waals surface area contributed by atoms with Crippen LogP contribution < -0.4 is 5.32 Å². The summed E-state index contributed by atoms with van der Waals surface area (Å²) >= 11 is 3.22. The Morgan fingerprint density at radius 2 is 2.21 bits per heavy atom. The second-order valence-electron chi connectivity index (χ2n) is 4.88. The van der Waals surface area contributed by atoms with Crippen LogP contribution in [0.3, 0.4) is 0 Å². The van der Waals surface area contributed by atoms with E-state index in [1.54, 1.807) is 19.1 Å². The molecule has 0 spiro atoms. The zero-order valence-electron chi connectivity index (χ0n) is 11.1. The van der Waals surface area contributed by atoms with E-state index in [4.69, 9.17) is 0 Å². The third-order valence-corrected chi connectivity index (χ3v) is 3.35. The molecule has 0 bridgehead atoms. The van der Waals surface area contributed by atoms with Gasteiger partial charge in [0.15, 0.2) is 0 Å². The molecule has 1 rings (SSSR count). The van der Waals surface area contributed by atoms with Crippen LogP contribution in [0.25, 0.3) is 0 Å². The Labute approximate surface area is 121 Å². The third-order valence-electron chi connectivity index (χ3n) is 2.85. The summed E-state index contributed by atoms with van der Waals surface area (Å²) in [5.41, 5.74) is -0.0867. The number of aliphatic hydroxyl groups is 1. The number of benzene rings is 1. The first kappa shape index (κ1) is 16.1. The van der Waals surface area contributed by atoms with Gasteiger partial charge >= 0.3 is 0 Å². The molecule has 2 N–H and O–H groups in total. The van der Waals surface area contributed by atoms with Crippen molar-refractivity contribution >= 4 is 21.6 Å². The lowest BCUT2D eigenvalue weighted by atomic mass is 10.0. The molecule has 106 valence electrons. The highest BCUT2D eigenvalue weighted by Crippen LogP contribution is 2.23. The number of hydrogen-bond donors (Lipinski definition) is 2. The molecule has 1 aromatic carbocycles. The number of rotatable bonds is 7. The van der Waals surface area contributed by atoms with Crippen LogP contribution in [0.15, 0.2) is 22.7 Å². The van der Waals surface area contributed by atoms with Gasteiger partial charge < -0.3 is 10.4 Å². The van der Waals surface area contributed by atoms with E-state index in [0.717, 1.165) is 6.42 Å². The molecule has 1 atom stereocenters. The monoisotopic (exact) mass is 330 g/mol. The van der Waals surface area contributed by atoms with Crippen LogP contribution in [-0.4, -0.2) is 22.2 Å². The maximum Gasteiger partial charge on any atom is 0.275 e. The van der Waals surface area contributed by atoms with Gasteiger partial charge in [-0.2, -0.15) is 0 Å². The average Bonchev–Trinajstić information content (AvgIpc) is 2.30. The molecule has 0 aliphatic carbocycles. The summed E-state index contributed by atoms with van der Waals surface area (Å²) in [5.74, 6) is 0. The lowest BCUT2D eigenvalue weighted by Crippen LogP contribution is -2.37. The zero-order chi connectivity index (χ0) is 14.5. The first-order chi connectivity index (χ1) is 8.85. The number of nitrogens with zero attached hydrogens (tertiary/aromatic N) is 1. The summed E-state index contributed by atoms with van der Waals surface area (Å²) in [6.07, 6.45) is 1.59. The summed E-state index contributed by atoms with van der Waals surface area (Å²) in [4.78, 5) is 10.5. The van der Waals surface area contributed by atoms with Crippen molar-refractivity contribution in [3.63, 3.8) is 0 Å². The minimum atomic E-state index is -0.779. The van der Waals surface area contributed by atoms with Crippen molar-refractivity contribution in [2.45, 2.75) is 38.8 Å². The van der Waals surface area contributed by atoms with Gasteiger partial charge in [-0.05, 0) is 25.5 Å². The Morgan fingerprint density at radius 3 is 2.79 bits per heavy atom. The highest BCUT2D eigenvalue weighted by atomic mass is 79.9. The van der Waals surface area contributed by atoms with Gasteiger partial charge in [0.25, 0.3) is 5.69 Å². The number of nitrogens with one attached hydrogen (secondary N) is 1. The number of hydrogen-bond acceptors (Lipinski definition) is 4. The van der Waals surface area contributed by atoms with Gasteiger partial charge in [-0.15, -0.1) is 0 Å². The van der Waals surface area contributed by atoms with Gasteiger partial charge in [-0.25, -0.2) is 0 Å². The summed E-state index contributed by atoms with van der Waals surface area (Å²) in [6, 6.07) is 4.97. The van der Waals surface area contributed by atoms with Crippen molar-refractivity contribution in [3.05, 3.63) is 38.3 Å². The fraction of sp³-hybridized carbons (Fsp3) is 0.538. The highest BCUT2D eigenvalue weighted by Gasteiger charge is 2.19. The Balaban J connectivity index is 2.66. The molecule has 1 aromatic rings. The highest BCUT2D eigenvalue weighted by molar-refractivity contribution is 9.10. The quantitative estimate of drug-likeness (QED) is 0.595. The van der Waals surface area contributed by atoms with Gasteiger partial charge in [0, 0.05) is 29.2 Å². The molecule has 0 aliphatic rings. The first-order valence-corrected chi connectivity index (χ1v) is 7.01. The molecule has 0 radical (unpaired) electrons. The van der Waals surface area contributed by atoms with E-state index in [1.807, 2.05) is 6.92 Å². The van der Waals surface area contributed by atoms with Gasteiger partial charge in [0.05, 0.1) is 10.5 Å².